The third-order valence-electron chi connectivity index (χ3n) is 21.2. The lowest BCUT2D eigenvalue weighted by Gasteiger charge is -2.48. The minimum absolute atomic E-state index is 0.0102. The summed E-state index contributed by atoms with van der Waals surface area (Å²) in [5.74, 6) is 6.13. The second-order valence-corrected chi connectivity index (χ2v) is 29.5. The molecule has 554 valence electrons. The Bertz CT molecular complexity index is 4630. The van der Waals surface area contributed by atoms with Gasteiger partial charge in [-0.1, -0.05) is 93.3 Å². The fraction of sp³-hybridized carbons (Fsp3) is 0.425. The summed E-state index contributed by atoms with van der Waals surface area (Å²) in [6.45, 7) is 22.0. The number of rotatable bonds is 32. The smallest absolute Gasteiger partial charge is 0.251 e. The van der Waals surface area contributed by atoms with Gasteiger partial charge < -0.3 is 54.7 Å². The first kappa shape index (κ1) is 75.8. The number of ether oxygens (including phenoxy) is 4. The van der Waals surface area contributed by atoms with Gasteiger partial charge in [-0.15, -0.1) is 5.11 Å². The molecule has 0 aromatic heterocycles. The molecule has 0 saturated heterocycles. The normalized spacial score (nSPS) is 15.7. The number of likely N-dealkylation sites (N-methyl/N-ethyl adjacent to an activating group) is 1. The number of para-hydroxylation sites is 1. The van der Waals surface area contributed by atoms with Crippen LogP contribution in [0.25, 0.3) is 5.57 Å². The number of phenols is 1. The fourth-order valence-corrected chi connectivity index (χ4v) is 16.0. The van der Waals surface area contributed by atoms with Gasteiger partial charge in [0.25, 0.3) is 5.91 Å². The molecular weight excluding hydrogens is 1330 g/mol. The van der Waals surface area contributed by atoms with Crippen LogP contribution in [-0.4, -0.2) is 151 Å². The quantitative estimate of drug-likeness (QED) is 0.0135. The number of hydrogen-bond acceptors (Lipinski definition) is 13. The Morgan fingerprint density at radius 1 is 0.670 bits per heavy atom. The summed E-state index contributed by atoms with van der Waals surface area (Å²) in [7, 11) is 1.82. The van der Waals surface area contributed by atoms with Crippen LogP contribution in [0.5, 0.6) is 5.75 Å². The first-order valence-corrected chi connectivity index (χ1v) is 37.9. The third kappa shape index (κ3) is 18.2. The molecule has 19 heteroatoms. The van der Waals surface area contributed by atoms with Crippen LogP contribution in [-0.2, 0) is 75.8 Å². The summed E-state index contributed by atoms with van der Waals surface area (Å²) in [6.07, 6.45) is 7.46. The first-order chi connectivity index (χ1) is 51.3. The van der Waals surface area contributed by atoms with Gasteiger partial charge in [0.15, 0.2) is 0 Å². The molecule has 0 radical (unpaired) electrons. The van der Waals surface area contributed by atoms with E-state index in [9.17, 15) is 29.1 Å². The number of benzene rings is 7. The van der Waals surface area contributed by atoms with E-state index in [0.29, 0.717) is 102 Å². The zero-order chi connectivity index (χ0) is 74.3. The Hall–Kier alpha value is -9.84. The molecule has 5 amide bonds. The standard InChI is InChI=1S/C87H101N9O10/c1-8-96-76-56-73-71(55-70(76)59(2)57-86(96,3)4)82(72-54-66-22-14-41-94-42-15-23-69(84(66)94)83(72)87(73,5)6)65-21-13-17-61(51-65)53-81(101)93(7)40-16-25-78(98)88-37-34-60-26-33-74(77(97)52-60)92-91-68-31-29-64(30-32-68)85(102)90-39-44-104-46-48-106-50-49-105-47-45-103-43-36-79(99)89-38-35-80(100)95-58-67-20-10-9-18-62(67)27-28-63-19-11-12-24-75(63)95/h9-13,17-21,24,26,29-33,51-52,54-56,59H,8,14-16,22-23,25,34-50,53,57-58H2,1-7H3,(H3-,88,89,90,91,97,98,99,102)/p+1. The number of phenolic OH excluding ortho intramolecular Hbond substituents is 1. The van der Waals surface area contributed by atoms with E-state index in [0.717, 1.165) is 84.4 Å². The van der Waals surface area contributed by atoms with Crippen LogP contribution in [0.15, 0.2) is 144 Å². The van der Waals surface area contributed by atoms with Crippen molar-refractivity contribution < 1.29 is 48.0 Å². The predicted octanol–water partition coefficient (Wildman–Crippen LogP) is 11.0. The van der Waals surface area contributed by atoms with E-state index in [-0.39, 0.29) is 90.8 Å². The van der Waals surface area contributed by atoms with E-state index >= 15 is 0 Å². The van der Waals surface area contributed by atoms with Crippen LogP contribution < -0.4 is 40.9 Å². The van der Waals surface area contributed by atoms with Gasteiger partial charge in [-0.3, -0.25) is 24.0 Å². The lowest BCUT2D eigenvalue weighted by molar-refractivity contribution is -0.130. The number of hydrogen-bond donors (Lipinski definition) is 4. The number of carbonyl (C=O) groups excluding carboxylic acids is 5. The molecule has 0 fully saturated rings. The van der Waals surface area contributed by atoms with Crippen LogP contribution in [0.1, 0.15) is 170 Å². The average Bonchev–Trinajstić information content (AvgIpc) is 0.695. The lowest BCUT2D eigenvalue weighted by Crippen LogP contribution is -2.50. The van der Waals surface area contributed by atoms with Crippen LogP contribution in [0.2, 0.25) is 0 Å². The summed E-state index contributed by atoms with van der Waals surface area (Å²) in [4.78, 5) is 71.8. The summed E-state index contributed by atoms with van der Waals surface area (Å²) in [5, 5.41) is 30.9. The molecule has 106 heavy (non-hydrogen) atoms. The van der Waals surface area contributed by atoms with Crippen molar-refractivity contribution >= 4 is 57.9 Å². The molecule has 7 aromatic carbocycles. The van der Waals surface area contributed by atoms with E-state index < -0.39 is 0 Å². The Balaban J connectivity index is 0.508. The zero-order valence-corrected chi connectivity index (χ0v) is 62.7. The minimum Gasteiger partial charge on any atom is -0.506 e. The number of nitrogens with one attached hydrogen (secondary N) is 3. The van der Waals surface area contributed by atoms with Crippen molar-refractivity contribution in [2.24, 2.45) is 10.2 Å². The second kappa shape index (κ2) is 35.0. The molecule has 1 aliphatic carbocycles. The lowest BCUT2D eigenvalue weighted by atomic mass is 9.65. The minimum atomic E-state index is -0.266. The molecule has 4 N–H and O–H groups in total. The van der Waals surface area contributed by atoms with Crippen LogP contribution in [0.4, 0.5) is 22.7 Å². The van der Waals surface area contributed by atoms with Crippen molar-refractivity contribution in [3.8, 4) is 17.6 Å². The monoisotopic (exact) mass is 1430 g/mol. The molecule has 1 unspecified atom stereocenters. The van der Waals surface area contributed by atoms with E-state index in [4.69, 9.17) is 18.9 Å². The molecule has 4 heterocycles. The average molecular weight is 1430 g/mol. The van der Waals surface area contributed by atoms with Crippen molar-refractivity contribution in [3.05, 3.63) is 216 Å². The molecule has 7 aromatic rings. The fourth-order valence-electron chi connectivity index (χ4n) is 16.0. The van der Waals surface area contributed by atoms with Gasteiger partial charge >= 0.3 is 0 Å². The number of carbonyl (C=O) groups is 5. The molecule has 19 nitrogen and oxygen atoms in total. The van der Waals surface area contributed by atoms with Gasteiger partial charge in [-0.2, -0.15) is 5.11 Å². The summed E-state index contributed by atoms with van der Waals surface area (Å²) in [5.41, 5.74) is 18.6. The van der Waals surface area contributed by atoms with Gasteiger partial charge in [0, 0.05) is 116 Å². The topological polar surface area (TPSA) is 216 Å². The molecule has 5 aliphatic rings. The van der Waals surface area contributed by atoms with Crippen molar-refractivity contribution in [1.29, 1.82) is 0 Å². The number of fused-ring (bicyclic) bond motifs is 6. The van der Waals surface area contributed by atoms with Gasteiger partial charge in [-0.05, 0) is 187 Å². The Labute approximate surface area is 623 Å². The Kier molecular flexibility index (Phi) is 25.1. The van der Waals surface area contributed by atoms with Crippen LogP contribution >= 0.6 is 0 Å². The number of nitrogens with zero attached hydrogens (tertiary/aromatic N) is 6. The molecule has 0 saturated carbocycles. The second-order valence-electron chi connectivity index (χ2n) is 29.5. The van der Waals surface area contributed by atoms with Crippen LogP contribution in [0.3, 0.4) is 0 Å². The zero-order valence-electron chi connectivity index (χ0n) is 62.7. The SMILES string of the molecule is CCN1c2cc3c(cc2C(C)CC1(C)C)C(c1cccc(CC(=O)N(C)CCCC(=O)NCCc2ccc(N=Nc4ccc(C(=O)NCCOCCOCCOCCOCCC(=O)NCCC(=O)N5Cc6ccccc6C#Cc6ccccc65)cc4)c(O)c2)c1)=c1cc2c4c(c1C3(C)C)CCC[N+]=4CCC2. The maximum Gasteiger partial charge on any atom is 0.251 e. The number of azo groups is 1. The first-order valence-electron chi connectivity index (χ1n) is 37.9. The van der Waals surface area contributed by atoms with E-state index in [2.05, 4.69) is 132 Å². The highest BCUT2D eigenvalue weighted by atomic mass is 16.6. The van der Waals surface area contributed by atoms with Crippen molar-refractivity contribution in [2.45, 2.75) is 136 Å². The number of aryl methyl sites for hydroxylation is 1. The highest BCUT2D eigenvalue weighted by molar-refractivity contribution is 5.96. The van der Waals surface area contributed by atoms with E-state index in [1.54, 1.807) is 46.2 Å². The van der Waals surface area contributed by atoms with Gasteiger partial charge in [0.2, 0.25) is 29.0 Å². The highest BCUT2D eigenvalue weighted by Crippen LogP contribution is 2.50. The van der Waals surface area contributed by atoms with E-state index in [1.165, 1.54) is 61.6 Å². The maximum atomic E-state index is 14.0. The molecule has 1 atom stereocenters. The van der Waals surface area contributed by atoms with Gasteiger partial charge in [0.05, 0.1) is 77.2 Å². The van der Waals surface area contributed by atoms with Gasteiger partial charge in [-0.25, -0.2) is 4.58 Å². The van der Waals surface area contributed by atoms with E-state index in [1.807, 2.05) is 61.6 Å². The van der Waals surface area contributed by atoms with Crippen LogP contribution in [0, 0.1) is 11.8 Å². The molecule has 4 aliphatic heterocycles. The number of aromatic hydroxyl groups is 1. The summed E-state index contributed by atoms with van der Waals surface area (Å²) in [6, 6.07) is 43.5. The number of amides is 5. The van der Waals surface area contributed by atoms with Gasteiger partial charge in [0.1, 0.15) is 24.5 Å². The van der Waals surface area contributed by atoms with Crippen molar-refractivity contribution in [3.63, 3.8) is 0 Å². The maximum absolute atomic E-state index is 14.0. The van der Waals surface area contributed by atoms with Crippen molar-refractivity contribution in [1.82, 2.24) is 25.4 Å². The largest absolute Gasteiger partial charge is 0.506 e. The number of anilines is 2. The highest BCUT2D eigenvalue weighted by Gasteiger charge is 2.43. The van der Waals surface area contributed by atoms with Crippen molar-refractivity contribution in [2.75, 3.05) is 116 Å². The Morgan fingerprint density at radius 2 is 1.37 bits per heavy atom. The molecular formula is C87H102N9O10+. The third-order valence-corrected chi connectivity index (χ3v) is 21.2. The Morgan fingerprint density at radius 3 is 2.13 bits per heavy atom. The molecule has 0 spiro atoms. The summed E-state index contributed by atoms with van der Waals surface area (Å²) >= 11 is 0. The molecule has 0 bridgehead atoms. The predicted molar refractivity (Wildman–Crippen MR) is 414 cm³/mol. The molecule has 12 rings (SSSR count). The summed E-state index contributed by atoms with van der Waals surface area (Å²) < 4.78 is 25.0.